The van der Waals surface area contributed by atoms with Gasteiger partial charge in [-0.25, -0.2) is 4.98 Å². The summed E-state index contributed by atoms with van der Waals surface area (Å²) in [6.07, 6.45) is 4.25. The Morgan fingerprint density at radius 2 is 2.00 bits per heavy atom. The van der Waals surface area contributed by atoms with Gasteiger partial charge in [-0.3, -0.25) is 14.2 Å². The van der Waals surface area contributed by atoms with Crippen LogP contribution in [0.2, 0.25) is 0 Å². The van der Waals surface area contributed by atoms with Crippen molar-refractivity contribution in [2.45, 2.75) is 31.7 Å². The molecule has 0 saturated heterocycles. The molecule has 1 saturated carbocycles. The second-order valence-electron chi connectivity index (χ2n) is 7.85. The molecule has 156 valence electrons. The van der Waals surface area contributed by atoms with E-state index in [1.807, 2.05) is 60.1 Å². The minimum absolute atomic E-state index is 0.0140. The van der Waals surface area contributed by atoms with Crippen LogP contribution in [0.25, 0.3) is 22.3 Å². The molecular weight excluding hydrogens is 392 g/mol. The minimum Gasteiger partial charge on any atom is -0.326 e. The standard InChI is InChI=1S/C23H22N6O2/c1-28-14-24-27-22(28)15-5-4-6-16(13-15)25-21(30)12-11-20-26-19-8-3-2-7-18(19)23(31)29(20)17-9-10-17/h2-8,13-14,17H,9-12H2,1H3,(H,25,30). The van der Waals surface area contributed by atoms with Gasteiger partial charge in [0.05, 0.1) is 10.9 Å². The van der Waals surface area contributed by atoms with Crippen molar-refractivity contribution in [1.82, 2.24) is 24.3 Å². The molecule has 5 rings (SSSR count). The highest BCUT2D eigenvalue weighted by atomic mass is 16.1. The number of fused-ring (bicyclic) bond motifs is 1. The van der Waals surface area contributed by atoms with E-state index >= 15 is 0 Å². The van der Waals surface area contributed by atoms with Gasteiger partial charge in [-0.2, -0.15) is 0 Å². The molecule has 0 spiro atoms. The van der Waals surface area contributed by atoms with E-state index in [-0.39, 0.29) is 23.9 Å². The van der Waals surface area contributed by atoms with Crippen LogP contribution in [0, 0.1) is 0 Å². The number of para-hydroxylation sites is 1. The second kappa shape index (κ2) is 7.79. The summed E-state index contributed by atoms with van der Waals surface area (Å²) < 4.78 is 3.60. The lowest BCUT2D eigenvalue weighted by molar-refractivity contribution is -0.116. The third-order valence-corrected chi connectivity index (χ3v) is 5.48. The summed E-state index contributed by atoms with van der Waals surface area (Å²) in [5, 5.41) is 11.6. The number of carbonyl (C=O) groups is 1. The molecule has 4 aromatic rings. The fraction of sp³-hybridized carbons (Fsp3) is 0.261. The number of amides is 1. The predicted octanol–water partition coefficient (Wildman–Crippen LogP) is 3.10. The zero-order valence-electron chi connectivity index (χ0n) is 17.2. The molecular formula is C23H22N6O2. The average molecular weight is 414 g/mol. The molecule has 8 heteroatoms. The van der Waals surface area contributed by atoms with E-state index in [1.165, 1.54) is 0 Å². The molecule has 0 bridgehead atoms. The number of nitrogens with one attached hydrogen (secondary N) is 1. The highest BCUT2D eigenvalue weighted by Crippen LogP contribution is 2.35. The van der Waals surface area contributed by atoms with Gasteiger partial charge in [-0.1, -0.05) is 24.3 Å². The molecule has 1 N–H and O–H groups in total. The van der Waals surface area contributed by atoms with Crippen LogP contribution in [0.1, 0.15) is 31.1 Å². The fourth-order valence-corrected chi connectivity index (χ4v) is 3.81. The van der Waals surface area contributed by atoms with Crippen LogP contribution in [0.15, 0.2) is 59.7 Å². The topological polar surface area (TPSA) is 94.7 Å². The van der Waals surface area contributed by atoms with Crippen LogP contribution in [-0.2, 0) is 18.3 Å². The Kier molecular flexibility index (Phi) is 4.82. The number of aryl methyl sites for hydroxylation is 2. The van der Waals surface area contributed by atoms with Crippen LogP contribution >= 0.6 is 0 Å². The first-order valence-electron chi connectivity index (χ1n) is 10.3. The van der Waals surface area contributed by atoms with Gasteiger partial charge >= 0.3 is 0 Å². The van der Waals surface area contributed by atoms with Crippen molar-refractivity contribution in [3.05, 3.63) is 71.0 Å². The molecule has 1 aliphatic carbocycles. The van der Waals surface area contributed by atoms with Crippen molar-refractivity contribution < 1.29 is 4.79 Å². The highest BCUT2D eigenvalue weighted by Gasteiger charge is 2.28. The monoisotopic (exact) mass is 414 g/mol. The molecule has 8 nitrogen and oxygen atoms in total. The van der Waals surface area contributed by atoms with Crippen LogP contribution in [0.3, 0.4) is 0 Å². The maximum atomic E-state index is 13.0. The third kappa shape index (κ3) is 3.84. The number of anilines is 1. The van der Waals surface area contributed by atoms with Crippen molar-refractivity contribution in [3.8, 4) is 11.4 Å². The lowest BCUT2D eigenvalue weighted by atomic mass is 10.1. The number of hydrogen-bond donors (Lipinski definition) is 1. The first kappa shape index (κ1) is 19.2. The molecule has 0 radical (unpaired) electrons. The van der Waals surface area contributed by atoms with Crippen LogP contribution in [-0.4, -0.2) is 30.2 Å². The van der Waals surface area contributed by atoms with Crippen molar-refractivity contribution in [3.63, 3.8) is 0 Å². The van der Waals surface area contributed by atoms with Gasteiger partial charge in [0, 0.05) is 37.2 Å². The smallest absolute Gasteiger partial charge is 0.261 e. The largest absolute Gasteiger partial charge is 0.326 e. The van der Waals surface area contributed by atoms with Crippen molar-refractivity contribution in [2.75, 3.05) is 5.32 Å². The van der Waals surface area contributed by atoms with Crippen molar-refractivity contribution >= 4 is 22.5 Å². The molecule has 2 aromatic heterocycles. The first-order valence-corrected chi connectivity index (χ1v) is 10.3. The van der Waals surface area contributed by atoms with E-state index in [1.54, 1.807) is 10.9 Å². The van der Waals surface area contributed by atoms with Crippen LogP contribution in [0.4, 0.5) is 5.69 Å². The average Bonchev–Trinajstić information content (AvgIpc) is 3.51. The van der Waals surface area contributed by atoms with Gasteiger partial charge in [-0.05, 0) is 37.1 Å². The third-order valence-electron chi connectivity index (χ3n) is 5.48. The second-order valence-corrected chi connectivity index (χ2v) is 7.85. The van der Waals surface area contributed by atoms with Gasteiger partial charge in [-0.15, -0.1) is 10.2 Å². The number of hydrogen-bond acceptors (Lipinski definition) is 5. The Bertz CT molecular complexity index is 1340. The van der Waals surface area contributed by atoms with E-state index in [0.717, 1.165) is 24.2 Å². The first-order chi connectivity index (χ1) is 15.1. The van der Waals surface area contributed by atoms with Gasteiger partial charge < -0.3 is 9.88 Å². The maximum Gasteiger partial charge on any atom is 0.261 e. The summed E-state index contributed by atoms with van der Waals surface area (Å²) in [6.45, 7) is 0. The summed E-state index contributed by atoms with van der Waals surface area (Å²) in [5.41, 5.74) is 2.23. The summed E-state index contributed by atoms with van der Waals surface area (Å²) in [4.78, 5) is 30.3. The SMILES string of the molecule is Cn1cnnc1-c1cccc(NC(=O)CCc2nc3ccccc3c(=O)n2C2CC2)c1. The lowest BCUT2D eigenvalue weighted by Gasteiger charge is -2.13. The molecule has 31 heavy (non-hydrogen) atoms. The van der Waals surface area contributed by atoms with E-state index in [9.17, 15) is 9.59 Å². The van der Waals surface area contributed by atoms with Crippen molar-refractivity contribution in [1.29, 1.82) is 0 Å². The van der Waals surface area contributed by atoms with E-state index in [0.29, 0.717) is 28.8 Å². The Balaban J connectivity index is 1.34. The van der Waals surface area contributed by atoms with Gasteiger partial charge in [0.2, 0.25) is 5.91 Å². The molecule has 0 atom stereocenters. The normalized spacial score (nSPS) is 13.5. The number of benzene rings is 2. The fourth-order valence-electron chi connectivity index (χ4n) is 3.81. The number of aromatic nitrogens is 5. The quantitative estimate of drug-likeness (QED) is 0.523. The van der Waals surface area contributed by atoms with Crippen molar-refractivity contribution in [2.24, 2.45) is 7.05 Å². The lowest BCUT2D eigenvalue weighted by Crippen LogP contribution is -2.25. The zero-order valence-corrected chi connectivity index (χ0v) is 17.2. The number of nitrogens with zero attached hydrogens (tertiary/aromatic N) is 5. The molecule has 0 unspecified atom stereocenters. The summed E-state index contributed by atoms with van der Waals surface area (Å²) in [6, 6.07) is 15.1. The summed E-state index contributed by atoms with van der Waals surface area (Å²) in [7, 11) is 1.87. The Morgan fingerprint density at radius 3 is 2.77 bits per heavy atom. The van der Waals surface area contributed by atoms with Crippen LogP contribution in [0.5, 0.6) is 0 Å². The number of carbonyl (C=O) groups excluding carboxylic acids is 1. The zero-order chi connectivity index (χ0) is 21.4. The predicted molar refractivity (Wildman–Crippen MR) is 118 cm³/mol. The minimum atomic E-state index is -0.125. The molecule has 1 amide bonds. The van der Waals surface area contributed by atoms with E-state index < -0.39 is 0 Å². The molecule has 1 fully saturated rings. The molecule has 2 heterocycles. The van der Waals surface area contributed by atoms with E-state index in [2.05, 4.69) is 15.5 Å². The van der Waals surface area contributed by atoms with Crippen LogP contribution < -0.4 is 10.9 Å². The van der Waals surface area contributed by atoms with Gasteiger partial charge in [0.1, 0.15) is 12.2 Å². The Hall–Kier alpha value is -3.81. The molecule has 1 aliphatic rings. The maximum absolute atomic E-state index is 13.0. The highest BCUT2D eigenvalue weighted by molar-refractivity contribution is 5.91. The van der Waals surface area contributed by atoms with E-state index in [4.69, 9.17) is 4.98 Å². The summed E-state index contributed by atoms with van der Waals surface area (Å²) >= 11 is 0. The Morgan fingerprint density at radius 1 is 1.16 bits per heavy atom. The van der Waals surface area contributed by atoms with Gasteiger partial charge in [0.25, 0.3) is 5.56 Å². The van der Waals surface area contributed by atoms with Gasteiger partial charge in [0.15, 0.2) is 5.82 Å². The number of rotatable bonds is 6. The summed E-state index contributed by atoms with van der Waals surface area (Å²) in [5.74, 6) is 1.28. The Labute approximate surface area is 178 Å². The molecule has 0 aliphatic heterocycles. The molecule has 2 aromatic carbocycles.